The molecule has 0 amide bonds. The first-order valence-corrected chi connectivity index (χ1v) is 8.71. The third-order valence-electron chi connectivity index (χ3n) is 4.16. The maximum absolute atomic E-state index is 13.1. The smallest absolute Gasteiger partial charge is 0.330 e. The maximum atomic E-state index is 13.1. The van der Waals surface area contributed by atoms with Crippen LogP contribution in [0.5, 0.6) is 11.5 Å². The molecule has 0 fully saturated rings. The minimum Gasteiger partial charge on any atom is -0.497 e. The van der Waals surface area contributed by atoms with E-state index in [1.165, 1.54) is 12.2 Å². The van der Waals surface area contributed by atoms with Gasteiger partial charge in [-0.3, -0.25) is 4.79 Å². The summed E-state index contributed by atoms with van der Waals surface area (Å²) in [5.74, 6) is 1.06. The van der Waals surface area contributed by atoms with Gasteiger partial charge in [0.2, 0.25) is 5.43 Å². The molecule has 0 aliphatic rings. The zero-order valence-electron chi connectivity index (χ0n) is 15.9. The maximum Gasteiger partial charge on any atom is 0.330 e. The highest BCUT2D eigenvalue weighted by molar-refractivity contribution is 5.91. The number of rotatable bonds is 6. The lowest BCUT2D eigenvalue weighted by atomic mass is 10.0. The van der Waals surface area contributed by atoms with Gasteiger partial charge in [0.1, 0.15) is 22.8 Å². The summed E-state index contributed by atoms with van der Waals surface area (Å²) >= 11 is 0. The van der Waals surface area contributed by atoms with E-state index >= 15 is 0 Å². The molecule has 0 saturated carbocycles. The van der Waals surface area contributed by atoms with Crippen LogP contribution in [0.25, 0.3) is 28.4 Å². The number of fused-ring (bicyclic) bond motifs is 1. The number of ether oxygens (including phenoxy) is 3. The van der Waals surface area contributed by atoms with Crippen LogP contribution in [0.1, 0.15) is 12.5 Å². The molecular weight excluding hydrogens is 360 g/mol. The summed E-state index contributed by atoms with van der Waals surface area (Å²) in [6.07, 6.45) is 2.64. The first-order valence-electron chi connectivity index (χ1n) is 8.71. The van der Waals surface area contributed by atoms with Gasteiger partial charge in [0.25, 0.3) is 0 Å². The van der Waals surface area contributed by atoms with Crippen LogP contribution >= 0.6 is 0 Å². The molecule has 3 aromatic rings. The zero-order valence-corrected chi connectivity index (χ0v) is 15.9. The molecule has 3 rings (SSSR count). The Morgan fingerprint density at radius 2 is 1.71 bits per heavy atom. The topological polar surface area (TPSA) is 75.0 Å². The zero-order chi connectivity index (χ0) is 20.1. The third-order valence-corrected chi connectivity index (χ3v) is 4.16. The Labute approximate surface area is 162 Å². The number of hydrogen-bond donors (Lipinski definition) is 0. The van der Waals surface area contributed by atoms with E-state index in [0.29, 0.717) is 33.8 Å². The molecule has 2 aromatic carbocycles. The predicted octanol–water partition coefficient (Wildman–Crippen LogP) is 4.05. The monoisotopic (exact) mass is 380 g/mol. The summed E-state index contributed by atoms with van der Waals surface area (Å²) in [5.41, 5.74) is 1.07. The molecule has 0 unspecified atom stereocenters. The molecular formula is C22H20O6. The van der Waals surface area contributed by atoms with Gasteiger partial charge >= 0.3 is 5.97 Å². The minimum atomic E-state index is -0.530. The van der Waals surface area contributed by atoms with Crippen molar-refractivity contribution in [2.75, 3.05) is 20.8 Å². The summed E-state index contributed by atoms with van der Waals surface area (Å²) in [5, 5.41) is 0.390. The van der Waals surface area contributed by atoms with Crippen molar-refractivity contribution in [3.05, 3.63) is 64.3 Å². The van der Waals surface area contributed by atoms with Gasteiger partial charge in [-0.25, -0.2) is 4.79 Å². The Balaban J connectivity index is 2.22. The van der Waals surface area contributed by atoms with E-state index in [0.717, 1.165) is 0 Å². The van der Waals surface area contributed by atoms with E-state index in [1.807, 2.05) is 0 Å². The van der Waals surface area contributed by atoms with Crippen molar-refractivity contribution in [2.45, 2.75) is 6.92 Å². The van der Waals surface area contributed by atoms with Crippen molar-refractivity contribution in [2.24, 2.45) is 0 Å². The SMILES string of the molecule is CCOC(=O)/C=C/c1c(-c2ccc(OC)cc2)oc2cc(OC)ccc2c1=O. The second-order valence-electron chi connectivity index (χ2n) is 5.85. The van der Waals surface area contributed by atoms with Gasteiger partial charge in [-0.05, 0) is 49.4 Å². The van der Waals surface area contributed by atoms with Crippen LogP contribution in [-0.4, -0.2) is 26.8 Å². The van der Waals surface area contributed by atoms with Gasteiger partial charge in [0.05, 0.1) is 31.8 Å². The molecule has 0 N–H and O–H groups in total. The molecule has 144 valence electrons. The van der Waals surface area contributed by atoms with Crippen LogP contribution in [0.2, 0.25) is 0 Å². The van der Waals surface area contributed by atoms with Crippen molar-refractivity contribution in [1.29, 1.82) is 0 Å². The molecule has 1 aromatic heterocycles. The normalized spacial score (nSPS) is 11.0. The molecule has 0 spiro atoms. The molecule has 1 heterocycles. The lowest BCUT2D eigenvalue weighted by molar-refractivity contribution is -0.137. The molecule has 6 heteroatoms. The highest BCUT2D eigenvalue weighted by Crippen LogP contribution is 2.29. The van der Waals surface area contributed by atoms with Crippen molar-refractivity contribution in [3.63, 3.8) is 0 Å². The molecule has 6 nitrogen and oxygen atoms in total. The van der Waals surface area contributed by atoms with Gasteiger partial charge in [-0.1, -0.05) is 0 Å². The minimum absolute atomic E-state index is 0.251. The Morgan fingerprint density at radius 1 is 1.04 bits per heavy atom. The highest BCUT2D eigenvalue weighted by atomic mass is 16.5. The number of esters is 1. The second-order valence-corrected chi connectivity index (χ2v) is 5.85. The molecule has 0 bridgehead atoms. The fraction of sp³-hybridized carbons (Fsp3) is 0.182. The number of carbonyl (C=O) groups is 1. The van der Waals surface area contributed by atoms with Gasteiger partial charge < -0.3 is 18.6 Å². The number of benzene rings is 2. The van der Waals surface area contributed by atoms with Gasteiger partial charge in [0.15, 0.2) is 0 Å². The average Bonchev–Trinajstić information content (AvgIpc) is 2.72. The van der Waals surface area contributed by atoms with Crippen molar-refractivity contribution < 1.29 is 23.4 Å². The number of methoxy groups -OCH3 is 2. The van der Waals surface area contributed by atoms with Gasteiger partial charge in [0, 0.05) is 17.7 Å². The average molecular weight is 380 g/mol. The van der Waals surface area contributed by atoms with E-state index < -0.39 is 5.97 Å². The van der Waals surface area contributed by atoms with Crippen molar-refractivity contribution in [1.82, 2.24) is 0 Å². The van der Waals surface area contributed by atoms with Crippen LogP contribution in [0, 0.1) is 0 Å². The van der Waals surface area contributed by atoms with Crippen LogP contribution in [0.3, 0.4) is 0 Å². The fourth-order valence-corrected chi connectivity index (χ4v) is 2.76. The molecule has 0 saturated heterocycles. The molecule has 0 radical (unpaired) electrons. The van der Waals surface area contributed by atoms with E-state index in [1.54, 1.807) is 63.6 Å². The fourth-order valence-electron chi connectivity index (χ4n) is 2.76. The summed E-state index contributed by atoms with van der Waals surface area (Å²) in [6, 6.07) is 12.1. The molecule has 28 heavy (non-hydrogen) atoms. The number of hydrogen-bond acceptors (Lipinski definition) is 6. The summed E-state index contributed by atoms with van der Waals surface area (Å²) in [4.78, 5) is 24.8. The summed E-state index contributed by atoms with van der Waals surface area (Å²) < 4.78 is 21.4. The van der Waals surface area contributed by atoms with Crippen LogP contribution in [-0.2, 0) is 9.53 Å². The predicted molar refractivity (Wildman–Crippen MR) is 107 cm³/mol. The van der Waals surface area contributed by atoms with Crippen molar-refractivity contribution >= 4 is 23.0 Å². The summed E-state index contributed by atoms with van der Waals surface area (Å²) in [7, 11) is 3.12. The molecule has 0 aliphatic heterocycles. The standard InChI is InChI=1S/C22H20O6/c1-4-27-20(23)12-11-18-21(24)17-10-9-16(26-3)13-19(17)28-22(18)14-5-7-15(25-2)8-6-14/h5-13H,4H2,1-3H3/b12-11+. The molecule has 0 aliphatic carbocycles. The second kappa shape index (κ2) is 8.43. The Kier molecular flexibility index (Phi) is 5.79. The summed E-state index contributed by atoms with van der Waals surface area (Å²) in [6.45, 7) is 1.97. The van der Waals surface area contributed by atoms with Gasteiger partial charge in [-0.2, -0.15) is 0 Å². The third kappa shape index (κ3) is 3.91. The Morgan fingerprint density at radius 3 is 2.36 bits per heavy atom. The quantitative estimate of drug-likeness (QED) is 0.474. The van der Waals surface area contributed by atoms with Crippen molar-refractivity contribution in [3.8, 4) is 22.8 Å². The first kappa shape index (κ1) is 19.2. The Hall–Kier alpha value is -3.54. The van der Waals surface area contributed by atoms with Crippen LogP contribution < -0.4 is 14.9 Å². The largest absolute Gasteiger partial charge is 0.497 e. The lowest BCUT2D eigenvalue weighted by Crippen LogP contribution is -2.08. The van der Waals surface area contributed by atoms with E-state index in [-0.39, 0.29) is 17.6 Å². The molecule has 0 atom stereocenters. The van der Waals surface area contributed by atoms with Crippen LogP contribution in [0.4, 0.5) is 0 Å². The number of carbonyl (C=O) groups excluding carboxylic acids is 1. The van der Waals surface area contributed by atoms with E-state index in [9.17, 15) is 9.59 Å². The van der Waals surface area contributed by atoms with E-state index in [2.05, 4.69) is 0 Å². The Bertz CT molecular complexity index is 1080. The lowest BCUT2D eigenvalue weighted by Gasteiger charge is -2.09. The highest BCUT2D eigenvalue weighted by Gasteiger charge is 2.15. The van der Waals surface area contributed by atoms with E-state index in [4.69, 9.17) is 18.6 Å². The first-order chi connectivity index (χ1) is 13.6. The van der Waals surface area contributed by atoms with Crippen LogP contribution in [0.15, 0.2) is 57.8 Å². The van der Waals surface area contributed by atoms with Gasteiger partial charge in [-0.15, -0.1) is 0 Å².